The van der Waals surface area contributed by atoms with Crippen LogP contribution in [0.2, 0.25) is 0 Å². The first-order chi connectivity index (χ1) is 11.9. The number of aromatic nitrogens is 3. The molecule has 0 atom stereocenters. The highest BCUT2D eigenvalue weighted by Gasteiger charge is 2.13. The van der Waals surface area contributed by atoms with Crippen LogP contribution in [-0.2, 0) is 20.9 Å². The molecule has 1 aromatic carbocycles. The Hall–Kier alpha value is -2.97. The monoisotopic (exact) mass is 347 g/mol. The molecule has 0 saturated heterocycles. The van der Waals surface area contributed by atoms with Gasteiger partial charge in [-0.3, -0.25) is 9.59 Å². The number of nitrogens with zero attached hydrogens (tertiary/aromatic N) is 3. The van der Waals surface area contributed by atoms with Gasteiger partial charge in [-0.05, 0) is 39.0 Å². The van der Waals surface area contributed by atoms with Gasteiger partial charge in [0.05, 0.1) is 17.6 Å². The molecule has 0 aliphatic heterocycles. The molecule has 0 aliphatic rings. The summed E-state index contributed by atoms with van der Waals surface area (Å²) >= 11 is 0. The van der Waals surface area contributed by atoms with Gasteiger partial charge in [-0.2, -0.15) is 0 Å². The van der Waals surface area contributed by atoms with Crippen LogP contribution in [0.3, 0.4) is 0 Å². The number of ether oxygens (including phenoxy) is 1. The van der Waals surface area contributed by atoms with Crippen LogP contribution in [0.4, 0.5) is 0 Å². The zero-order valence-electron chi connectivity index (χ0n) is 14.4. The molecule has 0 bridgehead atoms. The maximum Gasteiger partial charge on any atom is 0.338 e. The van der Waals surface area contributed by atoms with Crippen molar-refractivity contribution in [1.82, 2.24) is 25.6 Å². The molecule has 0 spiro atoms. The molecule has 0 radical (unpaired) electrons. The number of carbonyl (C=O) groups is 3. The number of nitrogens with one attached hydrogen (secondary N) is 2. The van der Waals surface area contributed by atoms with Gasteiger partial charge in [-0.1, -0.05) is 5.21 Å². The Kier molecular flexibility index (Phi) is 6.04. The van der Waals surface area contributed by atoms with Gasteiger partial charge in [0.25, 0.3) is 5.91 Å². The lowest BCUT2D eigenvalue weighted by molar-refractivity contribution is -0.128. The van der Waals surface area contributed by atoms with E-state index in [1.807, 2.05) is 20.8 Å². The second-order valence-corrected chi connectivity index (χ2v) is 5.68. The highest BCUT2D eigenvalue weighted by Crippen LogP contribution is 2.14. The number of carbonyl (C=O) groups excluding carboxylic acids is 3. The smallest absolute Gasteiger partial charge is 0.338 e. The number of esters is 1. The molecule has 1 aromatic heterocycles. The van der Waals surface area contributed by atoms with Crippen LogP contribution in [0.25, 0.3) is 11.0 Å². The molecule has 2 rings (SSSR count). The summed E-state index contributed by atoms with van der Waals surface area (Å²) in [5.41, 5.74) is 1.67. The molecule has 0 saturated carbocycles. The Balaban J connectivity index is 1.85. The van der Waals surface area contributed by atoms with Crippen molar-refractivity contribution in [2.75, 3.05) is 13.2 Å². The van der Waals surface area contributed by atoms with Gasteiger partial charge in [0.1, 0.15) is 5.52 Å². The SMILES string of the molecule is CCn1nnc2cc(C(=O)OCC(=O)NCC(=O)NC(C)C)ccc21. The van der Waals surface area contributed by atoms with Crippen LogP contribution in [0.1, 0.15) is 31.1 Å². The standard InChI is InChI=1S/C16H21N5O4/c1-4-21-13-6-5-11(7-12(13)19-20-21)16(24)25-9-15(23)17-8-14(22)18-10(2)3/h5-7,10H,4,8-9H2,1-3H3,(H,17,23)(H,18,22). The zero-order valence-corrected chi connectivity index (χ0v) is 14.4. The Morgan fingerprint density at radius 1 is 1.24 bits per heavy atom. The molecule has 9 heteroatoms. The van der Waals surface area contributed by atoms with Crippen LogP contribution < -0.4 is 10.6 Å². The predicted molar refractivity (Wildman–Crippen MR) is 89.8 cm³/mol. The molecule has 1 heterocycles. The Morgan fingerprint density at radius 3 is 2.68 bits per heavy atom. The van der Waals surface area contributed by atoms with Gasteiger partial charge < -0.3 is 15.4 Å². The second kappa shape index (κ2) is 8.22. The minimum Gasteiger partial charge on any atom is -0.452 e. The van der Waals surface area contributed by atoms with Crippen LogP contribution in [0, 0.1) is 0 Å². The highest BCUT2D eigenvalue weighted by atomic mass is 16.5. The van der Waals surface area contributed by atoms with E-state index in [0.717, 1.165) is 5.52 Å². The van der Waals surface area contributed by atoms with Gasteiger partial charge >= 0.3 is 5.97 Å². The number of benzene rings is 1. The molecular weight excluding hydrogens is 326 g/mol. The Labute approximate surface area is 144 Å². The molecule has 2 N–H and O–H groups in total. The molecule has 25 heavy (non-hydrogen) atoms. The lowest BCUT2D eigenvalue weighted by Crippen LogP contribution is -2.41. The van der Waals surface area contributed by atoms with Gasteiger partial charge in [0.15, 0.2) is 6.61 Å². The maximum absolute atomic E-state index is 12.0. The number of aryl methyl sites for hydroxylation is 1. The lowest BCUT2D eigenvalue weighted by atomic mass is 10.2. The number of amides is 2. The van der Waals surface area contributed by atoms with Crippen molar-refractivity contribution in [2.24, 2.45) is 0 Å². The lowest BCUT2D eigenvalue weighted by Gasteiger charge is -2.09. The minimum absolute atomic E-state index is 0.0113. The second-order valence-electron chi connectivity index (χ2n) is 5.68. The van der Waals surface area contributed by atoms with Gasteiger partial charge in [-0.15, -0.1) is 5.10 Å². The zero-order chi connectivity index (χ0) is 18.4. The summed E-state index contributed by atoms with van der Waals surface area (Å²) in [5.74, 6) is -1.50. The van der Waals surface area contributed by atoms with E-state index in [2.05, 4.69) is 20.9 Å². The predicted octanol–water partition coefficient (Wildman–Crippen LogP) is 0.249. The summed E-state index contributed by atoms with van der Waals surface area (Å²) in [6.45, 7) is 5.62. The van der Waals surface area contributed by atoms with Crippen molar-refractivity contribution < 1.29 is 19.1 Å². The maximum atomic E-state index is 12.0. The van der Waals surface area contributed by atoms with E-state index >= 15 is 0 Å². The van der Waals surface area contributed by atoms with Gasteiger partial charge in [0, 0.05) is 12.6 Å². The third-order valence-corrected chi connectivity index (χ3v) is 3.28. The average molecular weight is 347 g/mol. The first-order valence-corrected chi connectivity index (χ1v) is 7.97. The molecule has 0 unspecified atom stereocenters. The van der Waals surface area contributed by atoms with Crippen molar-refractivity contribution in [2.45, 2.75) is 33.4 Å². The summed E-state index contributed by atoms with van der Waals surface area (Å²) < 4.78 is 6.66. The fourth-order valence-corrected chi connectivity index (χ4v) is 2.15. The quantitative estimate of drug-likeness (QED) is 0.694. The first kappa shape index (κ1) is 18.4. The topological polar surface area (TPSA) is 115 Å². The third-order valence-electron chi connectivity index (χ3n) is 3.28. The number of rotatable bonds is 7. The normalized spacial score (nSPS) is 10.7. The van der Waals surface area contributed by atoms with E-state index < -0.39 is 18.5 Å². The Bertz CT molecular complexity index is 784. The molecule has 9 nitrogen and oxygen atoms in total. The summed E-state index contributed by atoms with van der Waals surface area (Å²) in [7, 11) is 0. The van der Waals surface area contributed by atoms with Crippen molar-refractivity contribution in [3.8, 4) is 0 Å². The van der Waals surface area contributed by atoms with Crippen LogP contribution in [0.5, 0.6) is 0 Å². The van der Waals surface area contributed by atoms with E-state index in [0.29, 0.717) is 12.1 Å². The number of hydrogen-bond acceptors (Lipinski definition) is 6. The van der Waals surface area contributed by atoms with Crippen LogP contribution in [0.15, 0.2) is 18.2 Å². The summed E-state index contributed by atoms with van der Waals surface area (Å²) in [4.78, 5) is 35.1. The van der Waals surface area contributed by atoms with Crippen molar-refractivity contribution in [1.29, 1.82) is 0 Å². The summed E-state index contributed by atoms with van der Waals surface area (Å²) in [6.07, 6.45) is 0. The summed E-state index contributed by atoms with van der Waals surface area (Å²) in [6, 6.07) is 4.87. The largest absolute Gasteiger partial charge is 0.452 e. The van der Waals surface area contributed by atoms with Crippen molar-refractivity contribution in [3.05, 3.63) is 23.8 Å². The van der Waals surface area contributed by atoms with Crippen LogP contribution in [-0.4, -0.2) is 52.0 Å². The average Bonchev–Trinajstić information content (AvgIpc) is 2.99. The fraction of sp³-hybridized carbons (Fsp3) is 0.438. The molecule has 0 fully saturated rings. The molecule has 0 aliphatic carbocycles. The first-order valence-electron chi connectivity index (χ1n) is 7.97. The molecule has 2 amide bonds. The molecule has 2 aromatic rings. The fourth-order valence-electron chi connectivity index (χ4n) is 2.15. The van der Waals surface area contributed by atoms with Gasteiger partial charge in [0.2, 0.25) is 5.91 Å². The van der Waals surface area contributed by atoms with E-state index in [1.54, 1.807) is 22.9 Å². The Morgan fingerprint density at radius 2 is 2.00 bits per heavy atom. The van der Waals surface area contributed by atoms with Crippen LogP contribution >= 0.6 is 0 Å². The van der Waals surface area contributed by atoms with Gasteiger partial charge in [-0.25, -0.2) is 9.48 Å². The third kappa shape index (κ3) is 5.00. The highest BCUT2D eigenvalue weighted by molar-refractivity contribution is 5.95. The number of fused-ring (bicyclic) bond motifs is 1. The van der Waals surface area contributed by atoms with E-state index in [1.165, 1.54) is 0 Å². The summed E-state index contributed by atoms with van der Waals surface area (Å²) in [5, 5.41) is 13.0. The minimum atomic E-state index is -0.644. The number of hydrogen-bond donors (Lipinski definition) is 2. The van der Waals surface area contributed by atoms with E-state index in [9.17, 15) is 14.4 Å². The molecule has 134 valence electrons. The molecular formula is C16H21N5O4. The van der Waals surface area contributed by atoms with E-state index in [-0.39, 0.29) is 24.1 Å². The van der Waals surface area contributed by atoms with Crippen molar-refractivity contribution in [3.63, 3.8) is 0 Å². The van der Waals surface area contributed by atoms with Crippen molar-refractivity contribution >= 4 is 28.8 Å². The van der Waals surface area contributed by atoms with E-state index in [4.69, 9.17) is 4.74 Å².